The van der Waals surface area contributed by atoms with E-state index in [0.717, 1.165) is 35.2 Å². The van der Waals surface area contributed by atoms with Crippen LogP contribution in [0.3, 0.4) is 0 Å². The molecule has 0 N–H and O–H groups in total. The van der Waals surface area contributed by atoms with Gasteiger partial charge in [-0.3, -0.25) is 0 Å². The second kappa shape index (κ2) is 7.99. The molecule has 0 amide bonds. The van der Waals surface area contributed by atoms with E-state index < -0.39 is 0 Å². The van der Waals surface area contributed by atoms with Crippen molar-refractivity contribution in [2.24, 2.45) is 0 Å². The van der Waals surface area contributed by atoms with Crippen LogP contribution in [0.2, 0.25) is 0 Å². The molecule has 130 valence electrons. The standard InChI is InChI=1S/C21H16O2S3/c24-21-25-19-11-17(22-13-15-7-3-1-4-8-15)18(12-20(19)26-21)23-14-16-9-5-2-6-10-16/h1-12H,13-14H2. The lowest BCUT2D eigenvalue weighted by atomic mass is 10.2. The minimum atomic E-state index is 0.504. The summed E-state index contributed by atoms with van der Waals surface area (Å²) in [6, 6.07) is 24.3. The zero-order chi connectivity index (χ0) is 17.8. The second-order valence-corrected chi connectivity index (χ2v) is 9.04. The molecule has 0 unspecified atom stereocenters. The molecule has 0 atom stereocenters. The molecule has 1 heterocycles. The molecule has 3 aromatic carbocycles. The topological polar surface area (TPSA) is 18.5 Å². The maximum absolute atomic E-state index is 6.08. The van der Waals surface area contributed by atoms with Crippen LogP contribution in [0, 0.1) is 3.14 Å². The van der Waals surface area contributed by atoms with Gasteiger partial charge in [0.25, 0.3) is 0 Å². The molecule has 0 bridgehead atoms. The number of ether oxygens (including phenoxy) is 2. The highest BCUT2D eigenvalue weighted by Gasteiger charge is 2.11. The Hall–Kier alpha value is -2.21. The monoisotopic (exact) mass is 396 g/mol. The fourth-order valence-electron chi connectivity index (χ4n) is 2.58. The normalized spacial score (nSPS) is 10.8. The molecule has 0 aliphatic rings. The quantitative estimate of drug-likeness (QED) is 0.332. The third kappa shape index (κ3) is 4.12. The van der Waals surface area contributed by atoms with Crippen molar-refractivity contribution in [3.05, 3.63) is 87.1 Å². The highest BCUT2D eigenvalue weighted by atomic mass is 32.2. The summed E-state index contributed by atoms with van der Waals surface area (Å²) < 4.78 is 15.3. The van der Waals surface area contributed by atoms with Crippen molar-refractivity contribution >= 4 is 44.3 Å². The summed E-state index contributed by atoms with van der Waals surface area (Å²) in [4.78, 5) is 0. The molecule has 5 heteroatoms. The molecule has 4 aromatic rings. The van der Waals surface area contributed by atoms with E-state index in [0.29, 0.717) is 13.2 Å². The fraction of sp³-hybridized carbons (Fsp3) is 0.0952. The van der Waals surface area contributed by atoms with E-state index in [2.05, 4.69) is 24.3 Å². The Morgan fingerprint density at radius 2 is 1.08 bits per heavy atom. The predicted octanol–water partition coefficient (Wildman–Crippen LogP) is 6.85. The first-order chi connectivity index (χ1) is 12.8. The van der Waals surface area contributed by atoms with Gasteiger partial charge in [-0.1, -0.05) is 72.9 Å². The first kappa shape index (κ1) is 17.2. The number of rotatable bonds is 6. The van der Waals surface area contributed by atoms with Gasteiger partial charge in [-0.05, 0) is 11.1 Å². The molecule has 0 aliphatic heterocycles. The minimum Gasteiger partial charge on any atom is -0.485 e. The van der Waals surface area contributed by atoms with Gasteiger partial charge in [0.05, 0.1) is 9.40 Å². The van der Waals surface area contributed by atoms with E-state index in [1.807, 2.05) is 48.5 Å². The van der Waals surface area contributed by atoms with Crippen molar-refractivity contribution in [1.82, 2.24) is 0 Å². The zero-order valence-electron chi connectivity index (χ0n) is 13.9. The maximum atomic E-state index is 6.08. The molecule has 26 heavy (non-hydrogen) atoms. The summed E-state index contributed by atoms with van der Waals surface area (Å²) in [7, 11) is 0. The van der Waals surface area contributed by atoms with Crippen molar-refractivity contribution in [2.75, 3.05) is 0 Å². The van der Waals surface area contributed by atoms with Crippen LogP contribution >= 0.6 is 34.9 Å². The van der Waals surface area contributed by atoms with Crippen LogP contribution in [0.1, 0.15) is 11.1 Å². The molecule has 0 fully saturated rings. The second-order valence-electron chi connectivity index (χ2n) is 5.75. The van der Waals surface area contributed by atoms with Gasteiger partial charge < -0.3 is 9.47 Å². The Morgan fingerprint density at radius 1 is 0.654 bits per heavy atom. The fourth-order valence-corrected chi connectivity index (χ4v) is 5.08. The van der Waals surface area contributed by atoms with Crippen LogP contribution in [0.25, 0.3) is 9.40 Å². The predicted molar refractivity (Wildman–Crippen MR) is 112 cm³/mol. The lowest BCUT2D eigenvalue weighted by Crippen LogP contribution is -2.00. The Labute approximate surface area is 165 Å². The van der Waals surface area contributed by atoms with Crippen LogP contribution in [0.4, 0.5) is 0 Å². The van der Waals surface area contributed by atoms with Crippen LogP contribution in [-0.2, 0) is 13.2 Å². The summed E-state index contributed by atoms with van der Waals surface area (Å²) in [6.45, 7) is 1.01. The molecular formula is C21H16O2S3. The van der Waals surface area contributed by atoms with Crippen LogP contribution in [0.5, 0.6) is 11.5 Å². The molecule has 0 spiro atoms. The Morgan fingerprint density at radius 3 is 1.50 bits per heavy atom. The summed E-state index contributed by atoms with van der Waals surface area (Å²) in [6.07, 6.45) is 0. The van der Waals surface area contributed by atoms with Gasteiger partial charge in [0, 0.05) is 12.1 Å². The number of benzene rings is 3. The summed E-state index contributed by atoms with van der Waals surface area (Å²) in [5, 5.41) is 0. The van der Waals surface area contributed by atoms with Crippen LogP contribution in [-0.4, -0.2) is 0 Å². The average molecular weight is 397 g/mol. The van der Waals surface area contributed by atoms with E-state index in [1.54, 1.807) is 22.7 Å². The van der Waals surface area contributed by atoms with E-state index in [-0.39, 0.29) is 0 Å². The number of hydrogen-bond donors (Lipinski definition) is 0. The first-order valence-electron chi connectivity index (χ1n) is 8.19. The van der Waals surface area contributed by atoms with Crippen molar-refractivity contribution in [3.8, 4) is 11.5 Å². The molecular weight excluding hydrogens is 380 g/mol. The van der Waals surface area contributed by atoms with Gasteiger partial charge >= 0.3 is 0 Å². The van der Waals surface area contributed by atoms with E-state index in [4.69, 9.17) is 21.7 Å². The largest absolute Gasteiger partial charge is 0.485 e. The van der Waals surface area contributed by atoms with Gasteiger partial charge in [-0.15, -0.1) is 22.7 Å². The minimum absolute atomic E-state index is 0.504. The highest BCUT2D eigenvalue weighted by Crippen LogP contribution is 2.38. The lowest BCUT2D eigenvalue weighted by molar-refractivity contribution is 0.256. The van der Waals surface area contributed by atoms with Crippen molar-refractivity contribution in [1.29, 1.82) is 0 Å². The number of fused-ring (bicyclic) bond motifs is 1. The molecule has 2 nitrogen and oxygen atoms in total. The van der Waals surface area contributed by atoms with Crippen LogP contribution < -0.4 is 9.47 Å². The SMILES string of the molecule is S=c1sc2cc(OCc3ccccc3)c(OCc3ccccc3)cc2s1. The molecule has 0 aliphatic carbocycles. The lowest BCUT2D eigenvalue weighted by Gasteiger charge is -2.13. The first-order valence-corrected chi connectivity index (χ1v) is 10.2. The van der Waals surface area contributed by atoms with Gasteiger partial charge in [0.2, 0.25) is 0 Å². The van der Waals surface area contributed by atoms with Gasteiger partial charge in [0.1, 0.15) is 16.4 Å². The van der Waals surface area contributed by atoms with E-state index in [9.17, 15) is 0 Å². The summed E-state index contributed by atoms with van der Waals surface area (Å²) >= 11 is 8.56. The Kier molecular flexibility index (Phi) is 5.29. The van der Waals surface area contributed by atoms with Gasteiger partial charge in [-0.25, -0.2) is 0 Å². The molecule has 0 saturated heterocycles. The number of hydrogen-bond acceptors (Lipinski definition) is 5. The third-order valence-corrected chi connectivity index (χ3v) is 6.45. The van der Waals surface area contributed by atoms with E-state index >= 15 is 0 Å². The van der Waals surface area contributed by atoms with Crippen molar-refractivity contribution < 1.29 is 9.47 Å². The molecule has 1 aromatic heterocycles. The smallest absolute Gasteiger partial charge is 0.163 e. The molecule has 0 radical (unpaired) electrons. The zero-order valence-corrected chi connectivity index (χ0v) is 16.3. The summed E-state index contributed by atoms with van der Waals surface area (Å²) in [5.41, 5.74) is 2.25. The van der Waals surface area contributed by atoms with Crippen molar-refractivity contribution in [2.45, 2.75) is 13.2 Å². The molecule has 0 saturated carbocycles. The Bertz CT molecular complexity index is 970. The maximum Gasteiger partial charge on any atom is 0.163 e. The van der Waals surface area contributed by atoms with Gasteiger partial charge in [0.15, 0.2) is 11.5 Å². The van der Waals surface area contributed by atoms with Crippen molar-refractivity contribution in [3.63, 3.8) is 0 Å². The van der Waals surface area contributed by atoms with Crippen LogP contribution in [0.15, 0.2) is 72.8 Å². The Balaban J connectivity index is 1.61. The average Bonchev–Trinajstić information content (AvgIpc) is 3.04. The third-order valence-electron chi connectivity index (χ3n) is 3.87. The van der Waals surface area contributed by atoms with E-state index in [1.165, 1.54) is 0 Å². The highest BCUT2D eigenvalue weighted by molar-refractivity contribution is 7.77. The van der Waals surface area contributed by atoms with Gasteiger partial charge in [-0.2, -0.15) is 0 Å². The summed E-state index contributed by atoms with van der Waals surface area (Å²) in [5.74, 6) is 1.50. The molecule has 4 rings (SSSR count).